The van der Waals surface area contributed by atoms with Crippen molar-refractivity contribution in [2.45, 2.75) is 12.6 Å². The predicted octanol–water partition coefficient (Wildman–Crippen LogP) is 3.02. The quantitative estimate of drug-likeness (QED) is 0.412. The Kier molecular flexibility index (Phi) is 9.48. The molecular weight excluding hydrogens is 535 g/mol. The summed E-state index contributed by atoms with van der Waals surface area (Å²) in [6.45, 7) is 0.113. The van der Waals surface area contributed by atoms with E-state index < -0.39 is 12.1 Å². The van der Waals surface area contributed by atoms with Crippen molar-refractivity contribution in [1.29, 1.82) is 0 Å². The molecule has 0 saturated heterocycles. The van der Waals surface area contributed by atoms with E-state index in [2.05, 4.69) is 15.3 Å². The van der Waals surface area contributed by atoms with Crippen LogP contribution in [0.2, 0.25) is 0 Å². The van der Waals surface area contributed by atoms with E-state index in [1.807, 2.05) is 24.3 Å². The molecule has 2 aromatic carbocycles. The summed E-state index contributed by atoms with van der Waals surface area (Å²) in [5, 5.41) is 10.1. The lowest BCUT2D eigenvalue weighted by Crippen LogP contribution is -2.33. The summed E-state index contributed by atoms with van der Waals surface area (Å²) >= 11 is 0. The molecule has 0 aliphatic carbocycles. The number of anilines is 2. The molecule has 212 valence electrons. The number of benzene rings is 2. The number of rotatable bonds is 6. The lowest BCUT2D eigenvalue weighted by Gasteiger charge is -2.25. The number of aromatic nitrogens is 2. The van der Waals surface area contributed by atoms with Crippen molar-refractivity contribution < 1.29 is 42.1 Å². The van der Waals surface area contributed by atoms with E-state index in [0.29, 0.717) is 29.1 Å². The molecule has 14 heteroatoms. The van der Waals surface area contributed by atoms with Gasteiger partial charge >= 0.3 is 12.1 Å². The fourth-order valence-corrected chi connectivity index (χ4v) is 3.44. The van der Waals surface area contributed by atoms with Crippen LogP contribution in [0.4, 0.5) is 24.8 Å². The topological polar surface area (TPSA) is 157 Å². The van der Waals surface area contributed by atoms with E-state index in [1.165, 1.54) is 4.90 Å². The van der Waals surface area contributed by atoms with Gasteiger partial charge in [0.1, 0.15) is 18.1 Å². The SMILES string of the molecule is CN(C)C(=O)COc1cc(-c2ccnc(N)n2)ccc1NC(=O)C1COc2ccccc2C1.O=C(O)C(F)(F)F. The van der Waals surface area contributed by atoms with Crippen LogP contribution >= 0.6 is 0 Å². The Labute approximate surface area is 226 Å². The Hall–Kier alpha value is -4.88. The number of halogens is 3. The number of hydrogen-bond donors (Lipinski definition) is 3. The summed E-state index contributed by atoms with van der Waals surface area (Å²) in [6.07, 6.45) is -2.94. The Balaban J connectivity index is 0.000000559. The first-order valence-electron chi connectivity index (χ1n) is 11.7. The maximum atomic E-state index is 13.0. The molecule has 1 unspecified atom stereocenters. The molecule has 1 aromatic heterocycles. The fourth-order valence-electron chi connectivity index (χ4n) is 3.44. The Bertz CT molecular complexity index is 1380. The number of para-hydroxylation sites is 1. The van der Waals surface area contributed by atoms with Crippen LogP contribution < -0.4 is 20.5 Å². The summed E-state index contributed by atoms with van der Waals surface area (Å²) in [5.74, 6) is -2.20. The average Bonchev–Trinajstić information content (AvgIpc) is 2.91. The number of carboxylic acids is 1. The molecule has 4 N–H and O–H groups in total. The number of hydrogen-bond acceptors (Lipinski definition) is 8. The van der Waals surface area contributed by atoms with Gasteiger partial charge < -0.3 is 30.5 Å². The van der Waals surface area contributed by atoms with E-state index >= 15 is 0 Å². The van der Waals surface area contributed by atoms with Crippen molar-refractivity contribution in [3.8, 4) is 22.8 Å². The van der Waals surface area contributed by atoms with Crippen molar-refractivity contribution in [1.82, 2.24) is 14.9 Å². The number of amides is 2. The van der Waals surface area contributed by atoms with Gasteiger partial charge in [0.25, 0.3) is 5.91 Å². The standard InChI is InChI=1S/C24H25N5O4.C2HF3O2/c1-29(2)22(30)14-33-21-12-15(18-9-10-26-24(25)28-18)7-8-19(21)27-23(31)17-11-16-5-3-4-6-20(16)32-13-17;3-2(4,5)1(6)7/h3-10,12,17H,11,13-14H2,1-2H3,(H,27,31)(H2,25,26,28);(H,6,7). The highest BCUT2D eigenvalue weighted by Gasteiger charge is 2.38. The number of carbonyl (C=O) groups is 3. The number of nitrogens with one attached hydrogen (secondary N) is 1. The highest BCUT2D eigenvalue weighted by molar-refractivity contribution is 5.95. The molecule has 4 rings (SSSR count). The number of ether oxygens (including phenoxy) is 2. The zero-order valence-electron chi connectivity index (χ0n) is 21.4. The van der Waals surface area contributed by atoms with Crippen LogP contribution in [0.5, 0.6) is 11.5 Å². The lowest BCUT2D eigenvalue weighted by molar-refractivity contribution is -0.192. The number of aliphatic carboxylic acids is 1. The van der Waals surface area contributed by atoms with Crippen molar-refractivity contribution in [2.75, 3.05) is 38.4 Å². The van der Waals surface area contributed by atoms with E-state index in [1.54, 1.807) is 44.6 Å². The van der Waals surface area contributed by atoms with Gasteiger partial charge in [-0.25, -0.2) is 14.8 Å². The minimum Gasteiger partial charge on any atom is -0.492 e. The van der Waals surface area contributed by atoms with Gasteiger partial charge in [-0.1, -0.05) is 24.3 Å². The van der Waals surface area contributed by atoms with Crippen molar-refractivity contribution in [3.63, 3.8) is 0 Å². The van der Waals surface area contributed by atoms with Gasteiger partial charge in [-0.3, -0.25) is 9.59 Å². The van der Waals surface area contributed by atoms with E-state index in [-0.39, 0.29) is 36.9 Å². The number of alkyl halides is 3. The molecule has 1 aliphatic heterocycles. The normalized spacial score (nSPS) is 14.0. The first-order chi connectivity index (χ1) is 18.8. The van der Waals surface area contributed by atoms with Gasteiger partial charge in [0.15, 0.2) is 6.61 Å². The molecule has 0 spiro atoms. The van der Waals surface area contributed by atoms with Gasteiger partial charge in [-0.15, -0.1) is 0 Å². The van der Waals surface area contributed by atoms with Crippen molar-refractivity contribution in [2.24, 2.45) is 5.92 Å². The van der Waals surface area contributed by atoms with Crippen molar-refractivity contribution >= 4 is 29.4 Å². The first kappa shape index (κ1) is 29.7. The zero-order chi connectivity index (χ0) is 29.4. The highest BCUT2D eigenvalue weighted by Crippen LogP contribution is 2.32. The molecule has 3 aromatic rings. The Morgan fingerprint density at radius 3 is 2.52 bits per heavy atom. The molecule has 0 bridgehead atoms. The molecule has 2 heterocycles. The van der Waals surface area contributed by atoms with Crippen LogP contribution in [0.3, 0.4) is 0 Å². The molecule has 0 radical (unpaired) electrons. The zero-order valence-corrected chi connectivity index (χ0v) is 21.4. The van der Waals surface area contributed by atoms with E-state index in [9.17, 15) is 22.8 Å². The molecule has 0 fully saturated rings. The largest absolute Gasteiger partial charge is 0.492 e. The monoisotopic (exact) mass is 561 g/mol. The Morgan fingerprint density at radius 1 is 1.18 bits per heavy atom. The van der Waals surface area contributed by atoms with Crippen LogP contribution in [0.1, 0.15) is 5.56 Å². The van der Waals surface area contributed by atoms with Gasteiger partial charge in [-0.2, -0.15) is 13.2 Å². The fraction of sp³-hybridized carbons (Fsp3) is 0.269. The van der Waals surface area contributed by atoms with Crippen LogP contribution in [0, 0.1) is 5.92 Å². The lowest BCUT2D eigenvalue weighted by atomic mass is 9.96. The molecule has 2 amide bonds. The van der Waals surface area contributed by atoms with Crippen LogP contribution in [-0.4, -0.2) is 71.2 Å². The molecule has 0 saturated carbocycles. The van der Waals surface area contributed by atoms with Crippen molar-refractivity contribution in [3.05, 3.63) is 60.3 Å². The summed E-state index contributed by atoms with van der Waals surface area (Å²) in [4.78, 5) is 43.6. The summed E-state index contributed by atoms with van der Waals surface area (Å²) in [6, 6.07) is 14.6. The summed E-state index contributed by atoms with van der Waals surface area (Å²) in [7, 11) is 3.30. The third kappa shape index (κ3) is 8.06. The smallest absolute Gasteiger partial charge is 0.490 e. The second-order valence-corrected chi connectivity index (χ2v) is 8.70. The van der Waals surface area contributed by atoms with Gasteiger partial charge in [0.05, 0.1) is 17.3 Å². The van der Waals surface area contributed by atoms with Crippen LogP contribution in [0.25, 0.3) is 11.3 Å². The third-order valence-corrected chi connectivity index (χ3v) is 5.55. The molecule has 11 nitrogen and oxygen atoms in total. The number of carboxylic acid groups (broad SMARTS) is 1. The minimum atomic E-state index is -5.08. The van der Waals surface area contributed by atoms with Gasteiger partial charge in [-0.05, 0) is 36.2 Å². The third-order valence-electron chi connectivity index (χ3n) is 5.55. The van der Waals surface area contributed by atoms with E-state index in [0.717, 1.165) is 11.3 Å². The molecule has 1 aliphatic rings. The number of nitrogen functional groups attached to an aromatic ring is 1. The second-order valence-electron chi connectivity index (χ2n) is 8.70. The summed E-state index contributed by atoms with van der Waals surface area (Å²) in [5.41, 5.74) is 8.47. The van der Waals surface area contributed by atoms with E-state index in [4.69, 9.17) is 25.1 Å². The maximum absolute atomic E-state index is 13.0. The number of fused-ring (bicyclic) bond motifs is 1. The number of nitrogens with two attached hydrogens (primary N) is 1. The maximum Gasteiger partial charge on any atom is 0.490 e. The highest BCUT2D eigenvalue weighted by atomic mass is 19.4. The second kappa shape index (κ2) is 12.8. The Morgan fingerprint density at radius 2 is 1.88 bits per heavy atom. The molecule has 1 atom stereocenters. The van der Waals surface area contributed by atoms with Gasteiger partial charge in [0.2, 0.25) is 11.9 Å². The average molecular weight is 562 g/mol. The minimum absolute atomic E-state index is 0.146. The van der Waals surface area contributed by atoms with Crippen LogP contribution in [0.15, 0.2) is 54.7 Å². The molecule has 40 heavy (non-hydrogen) atoms. The van der Waals surface area contributed by atoms with Gasteiger partial charge in [0, 0.05) is 25.9 Å². The predicted molar refractivity (Wildman–Crippen MR) is 138 cm³/mol. The summed E-state index contributed by atoms with van der Waals surface area (Å²) < 4.78 is 43.3. The number of likely N-dealkylation sites (N-methyl/N-ethyl adjacent to an activating group) is 1. The van der Waals surface area contributed by atoms with Crippen LogP contribution in [-0.2, 0) is 20.8 Å². The molecular formula is C26H26F3N5O6. The first-order valence-corrected chi connectivity index (χ1v) is 11.7. The number of carbonyl (C=O) groups excluding carboxylic acids is 2. The number of nitrogens with zero attached hydrogens (tertiary/aromatic N) is 3.